The van der Waals surface area contributed by atoms with E-state index >= 15 is 0 Å². The van der Waals surface area contributed by atoms with Crippen LogP contribution in [0, 0.1) is 0 Å². The van der Waals surface area contributed by atoms with E-state index in [0.29, 0.717) is 6.42 Å². The van der Waals surface area contributed by atoms with Crippen LogP contribution >= 0.6 is 0 Å². The summed E-state index contributed by atoms with van der Waals surface area (Å²) in [6, 6.07) is -0.735. The molecule has 0 radical (unpaired) electrons. The highest BCUT2D eigenvalue weighted by atomic mass is 16.6. The van der Waals surface area contributed by atoms with Gasteiger partial charge in [0.15, 0.2) is 6.10 Å². The van der Waals surface area contributed by atoms with Gasteiger partial charge in [-0.05, 0) is 83.5 Å². The number of likely N-dealkylation sites (N-methyl/N-ethyl adjacent to an activating group) is 1. The average Bonchev–Trinajstić information content (AvgIpc) is 3.18. The SMILES string of the molecule is CC/C=C\C/C=C\C/C=C\C/C=C\CCCCCCC(=O)OC(COCCC(C(=O)[O-])[N+](C)(C)C)COC(=O)CCCCCCCCC/C=C\C/C=C\CCCCC. The smallest absolute Gasteiger partial charge is 0.306 e. The van der Waals surface area contributed by atoms with Gasteiger partial charge in [0.2, 0.25) is 0 Å². The fourth-order valence-electron chi connectivity index (χ4n) is 6.27. The van der Waals surface area contributed by atoms with Crippen LogP contribution < -0.4 is 5.11 Å². The van der Waals surface area contributed by atoms with Crippen LogP contribution in [-0.4, -0.2) is 75.5 Å². The van der Waals surface area contributed by atoms with Crippen molar-refractivity contribution in [3.8, 4) is 0 Å². The van der Waals surface area contributed by atoms with E-state index < -0.39 is 18.1 Å². The maximum atomic E-state index is 12.7. The maximum absolute atomic E-state index is 12.7. The minimum Gasteiger partial charge on any atom is -0.544 e. The third-order valence-electron chi connectivity index (χ3n) is 9.83. The third-order valence-corrected chi connectivity index (χ3v) is 9.83. The highest BCUT2D eigenvalue weighted by Crippen LogP contribution is 2.13. The maximum Gasteiger partial charge on any atom is 0.306 e. The summed E-state index contributed by atoms with van der Waals surface area (Å²) in [7, 11) is 5.39. The van der Waals surface area contributed by atoms with Crippen molar-refractivity contribution >= 4 is 17.9 Å². The molecule has 0 saturated heterocycles. The van der Waals surface area contributed by atoms with E-state index in [0.717, 1.165) is 89.9 Å². The van der Waals surface area contributed by atoms with Crippen LogP contribution in [0.1, 0.15) is 174 Å². The van der Waals surface area contributed by atoms with Crippen LogP contribution in [0.3, 0.4) is 0 Å². The molecule has 0 spiro atoms. The molecular weight excluding hydrogens is 727 g/mol. The number of carboxylic acids is 1. The molecule has 8 nitrogen and oxygen atoms in total. The molecule has 8 heteroatoms. The summed E-state index contributed by atoms with van der Waals surface area (Å²) in [6.45, 7) is 4.48. The first kappa shape index (κ1) is 54.8. The Balaban J connectivity index is 4.39. The van der Waals surface area contributed by atoms with Crippen LogP contribution in [0.25, 0.3) is 0 Å². The predicted octanol–water partition coefficient (Wildman–Crippen LogP) is 11.4. The Bertz CT molecular complexity index is 1180. The Labute approximate surface area is 355 Å². The number of ether oxygens (including phenoxy) is 3. The lowest BCUT2D eigenvalue weighted by Gasteiger charge is -2.34. The van der Waals surface area contributed by atoms with Crippen LogP contribution in [0.4, 0.5) is 0 Å². The molecule has 2 unspecified atom stereocenters. The Morgan fingerprint density at radius 3 is 1.43 bits per heavy atom. The van der Waals surface area contributed by atoms with Crippen LogP contribution in [-0.2, 0) is 28.6 Å². The molecule has 0 rings (SSSR count). The summed E-state index contributed by atoms with van der Waals surface area (Å²) in [5, 5.41) is 11.6. The van der Waals surface area contributed by atoms with Gasteiger partial charge >= 0.3 is 11.9 Å². The number of allylic oxidation sites excluding steroid dienone is 12. The first-order chi connectivity index (χ1) is 28.1. The van der Waals surface area contributed by atoms with Crippen LogP contribution in [0.5, 0.6) is 0 Å². The standard InChI is InChI=1S/C50H85NO7/c1-6-8-10-12-14-16-18-20-22-24-26-28-30-32-34-36-38-40-48(52)57-45-46(44-56-43-42-47(50(54)55)51(3,4)5)58-49(53)41-39-37-35-33-31-29-27-25-23-21-19-17-15-13-11-9-7-2/h9,11,14-17,20-23,27,29,46-47H,6-8,10,12-13,18-19,24-26,28,30-45H2,1-5H3/b11-9-,16-14-,17-15-,22-20-,23-21-,29-27-. The van der Waals surface area contributed by atoms with Crippen LogP contribution in [0.15, 0.2) is 72.9 Å². The lowest BCUT2D eigenvalue weighted by molar-refractivity contribution is -0.889. The summed E-state index contributed by atoms with van der Waals surface area (Å²) in [5.74, 6) is -1.78. The lowest BCUT2D eigenvalue weighted by Crippen LogP contribution is -2.55. The van der Waals surface area contributed by atoms with Gasteiger partial charge in [-0.1, -0.05) is 145 Å². The minimum absolute atomic E-state index is 0.0246. The number of hydrogen-bond donors (Lipinski definition) is 0. The van der Waals surface area contributed by atoms with Gasteiger partial charge in [-0.2, -0.15) is 0 Å². The van der Waals surface area contributed by atoms with Gasteiger partial charge < -0.3 is 28.6 Å². The van der Waals surface area contributed by atoms with E-state index in [1.807, 2.05) is 0 Å². The number of unbranched alkanes of at least 4 members (excludes halogenated alkanes) is 14. The molecule has 0 aliphatic heterocycles. The second-order valence-corrected chi connectivity index (χ2v) is 16.3. The average molecular weight is 812 g/mol. The summed E-state index contributed by atoms with van der Waals surface area (Å²) in [5.41, 5.74) is 0. The fraction of sp³-hybridized carbons (Fsp3) is 0.700. The quantitative estimate of drug-likeness (QED) is 0.0263. The van der Waals surface area contributed by atoms with E-state index in [2.05, 4.69) is 86.8 Å². The van der Waals surface area contributed by atoms with Crippen LogP contribution in [0.2, 0.25) is 0 Å². The number of nitrogens with zero attached hydrogens (tertiary/aromatic N) is 1. The molecule has 0 bridgehead atoms. The Hall–Kier alpha value is -3.23. The number of carbonyl (C=O) groups excluding carboxylic acids is 3. The van der Waals surface area contributed by atoms with Gasteiger partial charge in [-0.15, -0.1) is 0 Å². The van der Waals surface area contributed by atoms with Gasteiger partial charge in [0.25, 0.3) is 0 Å². The zero-order valence-electron chi connectivity index (χ0n) is 37.7. The number of carboxylic acid groups (broad SMARTS) is 1. The first-order valence-electron chi connectivity index (χ1n) is 23.0. The zero-order valence-corrected chi connectivity index (χ0v) is 37.7. The van der Waals surface area contributed by atoms with Crippen molar-refractivity contribution in [1.82, 2.24) is 0 Å². The molecule has 0 aliphatic rings. The fourth-order valence-corrected chi connectivity index (χ4v) is 6.27. The van der Waals surface area contributed by atoms with Gasteiger partial charge in [-0.3, -0.25) is 9.59 Å². The molecule has 0 amide bonds. The van der Waals surface area contributed by atoms with Gasteiger partial charge in [-0.25, -0.2) is 0 Å². The zero-order chi connectivity index (χ0) is 42.8. The summed E-state index contributed by atoms with van der Waals surface area (Å²) >= 11 is 0. The molecule has 2 atom stereocenters. The topological polar surface area (TPSA) is 102 Å². The second kappa shape index (κ2) is 40.5. The van der Waals surface area contributed by atoms with Crippen molar-refractivity contribution in [1.29, 1.82) is 0 Å². The van der Waals surface area contributed by atoms with E-state index in [-0.39, 0.29) is 49.1 Å². The molecule has 0 aromatic heterocycles. The van der Waals surface area contributed by atoms with Gasteiger partial charge in [0.05, 0.1) is 40.3 Å². The number of quaternary nitrogens is 1. The molecule has 0 aromatic rings. The van der Waals surface area contributed by atoms with E-state index in [9.17, 15) is 19.5 Å². The van der Waals surface area contributed by atoms with E-state index in [4.69, 9.17) is 14.2 Å². The molecule has 0 heterocycles. The van der Waals surface area contributed by atoms with E-state index in [1.165, 1.54) is 51.4 Å². The van der Waals surface area contributed by atoms with Gasteiger partial charge in [0.1, 0.15) is 12.6 Å². The molecule has 0 N–H and O–H groups in total. The summed E-state index contributed by atoms with van der Waals surface area (Å²) in [6.07, 6.45) is 50.6. The van der Waals surface area contributed by atoms with Crippen molar-refractivity contribution < 1.29 is 38.2 Å². The highest BCUT2D eigenvalue weighted by molar-refractivity contribution is 5.70. The van der Waals surface area contributed by atoms with Crippen molar-refractivity contribution in [2.45, 2.75) is 187 Å². The van der Waals surface area contributed by atoms with Crippen molar-refractivity contribution in [2.24, 2.45) is 0 Å². The Kier molecular flexibility index (Phi) is 38.3. The predicted molar refractivity (Wildman–Crippen MR) is 240 cm³/mol. The molecule has 0 aliphatic carbocycles. The summed E-state index contributed by atoms with van der Waals surface area (Å²) in [4.78, 5) is 36.9. The Morgan fingerprint density at radius 1 is 0.534 bits per heavy atom. The molecular formula is C50H85NO7. The van der Waals surface area contributed by atoms with Crippen molar-refractivity contribution in [3.63, 3.8) is 0 Å². The summed E-state index contributed by atoms with van der Waals surface area (Å²) < 4.78 is 17.2. The van der Waals surface area contributed by atoms with Gasteiger partial charge in [0, 0.05) is 19.3 Å². The minimum atomic E-state index is -1.13. The molecule has 332 valence electrons. The monoisotopic (exact) mass is 812 g/mol. The highest BCUT2D eigenvalue weighted by Gasteiger charge is 2.25. The first-order valence-corrected chi connectivity index (χ1v) is 23.0. The number of rotatable bonds is 40. The molecule has 58 heavy (non-hydrogen) atoms. The number of hydrogen-bond acceptors (Lipinski definition) is 7. The van der Waals surface area contributed by atoms with Crippen molar-refractivity contribution in [2.75, 3.05) is 41.0 Å². The molecule has 0 fully saturated rings. The largest absolute Gasteiger partial charge is 0.544 e. The lowest BCUT2D eigenvalue weighted by atomic mass is 10.1. The van der Waals surface area contributed by atoms with Crippen molar-refractivity contribution in [3.05, 3.63) is 72.9 Å². The normalized spacial score (nSPS) is 13.6. The number of aliphatic carboxylic acids is 1. The molecule has 0 saturated carbocycles. The number of esters is 2. The number of carbonyl (C=O) groups is 3. The molecule has 0 aromatic carbocycles. The Morgan fingerprint density at radius 2 is 0.966 bits per heavy atom. The van der Waals surface area contributed by atoms with E-state index in [1.54, 1.807) is 21.1 Å². The third kappa shape index (κ3) is 38.3. The second-order valence-electron chi connectivity index (χ2n) is 16.3.